The summed E-state index contributed by atoms with van der Waals surface area (Å²) in [4.78, 5) is 34.8. The van der Waals surface area contributed by atoms with Gasteiger partial charge in [-0.05, 0) is 42.5 Å². The molecule has 26 heavy (non-hydrogen) atoms. The highest BCUT2D eigenvalue weighted by Gasteiger charge is 2.15. The molecule has 0 aromatic heterocycles. The fourth-order valence-electron chi connectivity index (χ4n) is 1.98. The third kappa shape index (κ3) is 5.40. The van der Waals surface area contributed by atoms with Gasteiger partial charge in [0.2, 0.25) is 15.9 Å². The number of benzene rings is 2. The van der Waals surface area contributed by atoms with Crippen LogP contribution in [0.1, 0.15) is 6.92 Å². The molecule has 0 aliphatic rings. The van der Waals surface area contributed by atoms with E-state index in [1.165, 1.54) is 37.3 Å². The van der Waals surface area contributed by atoms with Gasteiger partial charge in [-0.25, -0.2) is 13.6 Å². The number of hydrogen-bond acceptors (Lipinski definition) is 5. The Morgan fingerprint density at radius 3 is 1.81 bits per heavy atom. The van der Waals surface area contributed by atoms with Crippen molar-refractivity contribution in [1.29, 1.82) is 0 Å². The molecule has 0 spiro atoms. The van der Waals surface area contributed by atoms with Crippen LogP contribution in [0.4, 0.5) is 17.1 Å². The zero-order valence-electron chi connectivity index (χ0n) is 13.6. The first kappa shape index (κ1) is 19.1. The van der Waals surface area contributed by atoms with Crippen molar-refractivity contribution in [3.05, 3.63) is 48.5 Å². The fraction of sp³-hybridized carbons (Fsp3) is 0.0625. The Kier molecular flexibility index (Phi) is 5.70. The zero-order valence-corrected chi connectivity index (χ0v) is 14.5. The maximum absolute atomic E-state index is 12.0. The molecule has 0 bridgehead atoms. The van der Waals surface area contributed by atoms with Crippen molar-refractivity contribution in [3.8, 4) is 0 Å². The van der Waals surface area contributed by atoms with Crippen molar-refractivity contribution in [2.75, 3.05) is 16.0 Å². The van der Waals surface area contributed by atoms with E-state index in [0.717, 1.165) is 0 Å². The fourth-order valence-corrected chi connectivity index (χ4v) is 2.50. The van der Waals surface area contributed by atoms with E-state index in [4.69, 9.17) is 5.14 Å². The number of sulfonamides is 1. The van der Waals surface area contributed by atoms with Crippen LogP contribution in [0.2, 0.25) is 0 Å². The van der Waals surface area contributed by atoms with Gasteiger partial charge in [-0.15, -0.1) is 0 Å². The topological polar surface area (TPSA) is 147 Å². The third-order valence-electron chi connectivity index (χ3n) is 3.09. The molecule has 2 aromatic carbocycles. The highest BCUT2D eigenvalue weighted by Crippen LogP contribution is 2.16. The summed E-state index contributed by atoms with van der Waals surface area (Å²) in [7, 11) is -3.84. The molecule has 0 aliphatic heterocycles. The van der Waals surface area contributed by atoms with Gasteiger partial charge in [0.1, 0.15) is 0 Å². The van der Waals surface area contributed by atoms with Crippen molar-refractivity contribution in [2.45, 2.75) is 11.8 Å². The van der Waals surface area contributed by atoms with E-state index in [1.54, 1.807) is 18.2 Å². The van der Waals surface area contributed by atoms with Crippen LogP contribution in [0, 0.1) is 0 Å². The number of carbonyl (C=O) groups excluding carboxylic acids is 3. The SMILES string of the molecule is CC(=O)Nc1cccc(NC(=O)C(=O)Nc2ccc(S(N)(=O)=O)cc2)c1. The summed E-state index contributed by atoms with van der Waals surface area (Å²) in [5.74, 6) is -2.15. The molecular weight excluding hydrogens is 360 g/mol. The number of amides is 3. The van der Waals surface area contributed by atoms with Gasteiger partial charge in [-0.2, -0.15) is 0 Å². The lowest BCUT2D eigenvalue weighted by atomic mass is 10.2. The summed E-state index contributed by atoms with van der Waals surface area (Å²) in [6.45, 7) is 1.35. The Balaban J connectivity index is 2.02. The second kappa shape index (κ2) is 7.76. The molecule has 5 N–H and O–H groups in total. The Bertz CT molecular complexity index is 955. The van der Waals surface area contributed by atoms with Gasteiger partial charge in [0, 0.05) is 24.0 Å². The van der Waals surface area contributed by atoms with Gasteiger partial charge in [-0.1, -0.05) is 6.07 Å². The Morgan fingerprint density at radius 1 is 0.808 bits per heavy atom. The average molecular weight is 376 g/mol. The summed E-state index contributed by atoms with van der Waals surface area (Å²) in [6, 6.07) is 11.3. The third-order valence-corrected chi connectivity index (χ3v) is 4.02. The zero-order chi connectivity index (χ0) is 19.3. The minimum absolute atomic E-state index is 0.116. The molecule has 0 saturated carbocycles. The second-order valence-corrected chi connectivity index (χ2v) is 6.80. The van der Waals surface area contributed by atoms with Crippen LogP contribution >= 0.6 is 0 Å². The standard InChI is InChI=1S/C16H16N4O5S/c1-10(21)18-12-3-2-4-13(9-12)20-16(23)15(22)19-11-5-7-14(8-6-11)26(17,24)25/h2-9H,1H3,(H,18,21)(H,19,22)(H,20,23)(H2,17,24,25). The monoisotopic (exact) mass is 376 g/mol. The molecule has 2 aromatic rings. The maximum Gasteiger partial charge on any atom is 0.314 e. The summed E-state index contributed by atoms with van der Waals surface area (Å²) in [5.41, 5.74) is 1.01. The molecule has 136 valence electrons. The largest absolute Gasteiger partial charge is 0.326 e. The molecule has 0 radical (unpaired) electrons. The number of hydrogen-bond donors (Lipinski definition) is 4. The van der Waals surface area contributed by atoms with Crippen molar-refractivity contribution >= 4 is 44.8 Å². The predicted molar refractivity (Wildman–Crippen MR) is 95.8 cm³/mol. The second-order valence-electron chi connectivity index (χ2n) is 5.24. The smallest absolute Gasteiger partial charge is 0.314 e. The van der Waals surface area contributed by atoms with Gasteiger partial charge in [-0.3, -0.25) is 14.4 Å². The highest BCUT2D eigenvalue weighted by molar-refractivity contribution is 7.89. The average Bonchev–Trinajstić information content (AvgIpc) is 2.54. The van der Waals surface area contributed by atoms with Crippen LogP contribution in [0.3, 0.4) is 0 Å². The van der Waals surface area contributed by atoms with Crippen LogP contribution in [-0.4, -0.2) is 26.1 Å². The van der Waals surface area contributed by atoms with E-state index in [1.807, 2.05) is 0 Å². The van der Waals surface area contributed by atoms with Crippen molar-refractivity contribution in [2.24, 2.45) is 5.14 Å². The Morgan fingerprint density at radius 2 is 1.31 bits per heavy atom. The molecular formula is C16H16N4O5S. The Hall–Kier alpha value is -3.24. The number of nitrogens with one attached hydrogen (secondary N) is 3. The van der Waals surface area contributed by atoms with Crippen molar-refractivity contribution < 1.29 is 22.8 Å². The van der Waals surface area contributed by atoms with Crippen LogP contribution in [0.5, 0.6) is 0 Å². The summed E-state index contributed by atoms with van der Waals surface area (Å²) < 4.78 is 22.3. The molecule has 10 heteroatoms. The Labute approximate surface area is 149 Å². The van der Waals surface area contributed by atoms with E-state index in [-0.39, 0.29) is 16.5 Å². The molecule has 3 amide bonds. The van der Waals surface area contributed by atoms with Gasteiger partial charge in [0.05, 0.1) is 4.90 Å². The molecule has 0 fully saturated rings. The van der Waals surface area contributed by atoms with Crippen LogP contribution < -0.4 is 21.1 Å². The molecule has 0 atom stereocenters. The van der Waals surface area contributed by atoms with Gasteiger partial charge in [0.25, 0.3) is 0 Å². The lowest BCUT2D eigenvalue weighted by Crippen LogP contribution is -2.29. The minimum Gasteiger partial charge on any atom is -0.326 e. The first-order valence-corrected chi connectivity index (χ1v) is 8.82. The molecule has 0 unspecified atom stereocenters. The molecule has 0 aliphatic carbocycles. The summed E-state index contributed by atoms with van der Waals surface area (Å²) in [5, 5.41) is 12.3. The number of nitrogens with two attached hydrogens (primary N) is 1. The predicted octanol–water partition coefficient (Wildman–Crippen LogP) is 0.870. The van der Waals surface area contributed by atoms with E-state index in [0.29, 0.717) is 11.4 Å². The number of rotatable bonds is 4. The maximum atomic E-state index is 12.0. The quantitative estimate of drug-likeness (QED) is 0.585. The number of anilines is 3. The van der Waals surface area contributed by atoms with Gasteiger partial charge >= 0.3 is 11.8 Å². The van der Waals surface area contributed by atoms with E-state index < -0.39 is 21.8 Å². The number of carbonyl (C=O) groups is 3. The normalized spacial score (nSPS) is 10.7. The van der Waals surface area contributed by atoms with Crippen LogP contribution in [-0.2, 0) is 24.4 Å². The molecule has 0 saturated heterocycles. The van der Waals surface area contributed by atoms with E-state index >= 15 is 0 Å². The lowest BCUT2D eigenvalue weighted by Gasteiger charge is -2.08. The lowest BCUT2D eigenvalue weighted by molar-refractivity contribution is -0.132. The van der Waals surface area contributed by atoms with Crippen molar-refractivity contribution in [3.63, 3.8) is 0 Å². The highest BCUT2D eigenvalue weighted by atomic mass is 32.2. The summed E-state index contributed by atoms with van der Waals surface area (Å²) in [6.07, 6.45) is 0. The minimum atomic E-state index is -3.84. The van der Waals surface area contributed by atoms with E-state index in [2.05, 4.69) is 16.0 Å². The van der Waals surface area contributed by atoms with Crippen LogP contribution in [0.25, 0.3) is 0 Å². The first-order valence-electron chi connectivity index (χ1n) is 7.28. The van der Waals surface area contributed by atoms with Crippen LogP contribution in [0.15, 0.2) is 53.4 Å². The molecule has 2 rings (SSSR count). The number of primary sulfonamides is 1. The van der Waals surface area contributed by atoms with Crippen molar-refractivity contribution in [1.82, 2.24) is 0 Å². The summed E-state index contributed by atoms with van der Waals surface area (Å²) >= 11 is 0. The molecule has 9 nitrogen and oxygen atoms in total. The molecule has 0 heterocycles. The van der Waals surface area contributed by atoms with Gasteiger partial charge < -0.3 is 16.0 Å². The first-order chi connectivity index (χ1) is 12.1. The van der Waals surface area contributed by atoms with Gasteiger partial charge in [0.15, 0.2) is 0 Å². The van der Waals surface area contributed by atoms with E-state index in [9.17, 15) is 22.8 Å².